The van der Waals surface area contributed by atoms with Crippen LogP contribution in [0.2, 0.25) is 0 Å². The van der Waals surface area contributed by atoms with Crippen LogP contribution in [-0.4, -0.2) is 53.6 Å². The molecule has 1 unspecified atom stereocenters. The van der Waals surface area contributed by atoms with E-state index < -0.39 is 24.6 Å². The molecule has 1 aliphatic heterocycles. The Morgan fingerprint density at radius 2 is 1.91 bits per heavy atom. The van der Waals surface area contributed by atoms with Crippen molar-refractivity contribution >= 4 is 0 Å². The van der Waals surface area contributed by atoms with Crippen LogP contribution < -0.4 is 0 Å². The molecule has 3 N–H and O–H groups in total. The summed E-state index contributed by atoms with van der Waals surface area (Å²) in [4.78, 5) is 0. The van der Waals surface area contributed by atoms with Crippen LogP contribution in [0.5, 0.6) is 0 Å². The fraction of sp³-hybridized carbons (Fsp3) is 1.00. The Kier molecular flexibility index (Phi) is 2.80. The molecule has 1 fully saturated rings. The Labute approximate surface area is 64.2 Å². The van der Waals surface area contributed by atoms with Crippen molar-refractivity contribution in [2.24, 2.45) is 0 Å². The van der Waals surface area contributed by atoms with Gasteiger partial charge in [0.2, 0.25) is 0 Å². The molecule has 0 spiro atoms. The molecule has 0 amide bonds. The Morgan fingerprint density at radius 1 is 1.27 bits per heavy atom. The topological polar surface area (TPSA) is 79.2 Å². The van der Waals surface area contributed by atoms with Crippen LogP contribution in [0.15, 0.2) is 0 Å². The Morgan fingerprint density at radius 3 is 2.45 bits per heavy atom. The Bertz CT molecular complexity index is 126. The molecular weight excluding hydrogens is 152 g/mol. The smallest absolute Gasteiger partial charge is 0.185 e. The zero-order valence-corrected chi connectivity index (χ0v) is 6.17. The summed E-state index contributed by atoms with van der Waals surface area (Å²) >= 11 is 0. The van der Waals surface area contributed by atoms with Crippen molar-refractivity contribution in [3.05, 3.63) is 0 Å². The largest absolute Gasteiger partial charge is 0.388 e. The molecule has 5 heteroatoms. The molecule has 0 bridgehead atoms. The standard InChI is InChI=1S/C6H12O5/c1-10-6-5(9)4(8)3(7)2-11-6/h3-9H,2H2,1H3/t3-,4?,5-,6+/m1/s1. The van der Waals surface area contributed by atoms with E-state index in [0.717, 1.165) is 0 Å². The second kappa shape index (κ2) is 3.46. The van der Waals surface area contributed by atoms with Gasteiger partial charge >= 0.3 is 0 Å². The number of ether oxygens (including phenoxy) is 2. The summed E-state index contributed by atoms with van der Waals surface area (Å²) in [6, 6.07) is 0. The lowest BCUT2D eigenvalue weighted by Gasteiger charge is -2.33. The van der Waals surface area contributed by atoms with E-state index in [1.807, 2.05) is 0 Å². The predicted molar refractivity (Wildman–Crippen MR) is 34.8 cm³/mol. The average molecular weight is 164 g/mol. The number of rotatable bonds is 1. The second-order valence-electron chi connectivity index (χ2n) is 2.49. The van der Waals surface area contributed by atoms with E-state index in [0.29, 0.717) is 0 Å². The summed E-state index contributed by atoms with van der Waals surface area (Å²) in [6.07, 6.45) is -4.23. The highest BCUT2D eigenvalue weighted by atomic mass is 16.7. The summed E-state index contributed by atoms with van der Waals surface area (Å²) in [5.74, 6) is 0. The average Bonchev–Trinajstić information content (AvgIpc) is 2.01. The molecule has 11 heavy (non-hydrogen) atoms. The highest BCUT2D eigenvalue weighted by Gasteiger charge is 2.37. The number of methoxy groups -OCH3 is 1. The van der Waals surface area contributed by atoms with Crippen molar-refractivity contribution in [2.45, 2.75) is 24.6 Å². The van der Waals surface area contributed by atoms with Crippen LogP contribution in [0.3, 0.4) is 0 Å². The fourth-order valence-electron chi connectivity index (χ4n) is 0.987. The fourth-order valence-corrected chi connectivity index (χ4v) is 0.987. The SMILES string of the molecule is CO[C@H]1OC[C@@H](O)C(O)[C@H]1O. The normalized spacial score (nSPS) is 45.8. The van der Waals surface area contributed by atoms with Crippen LogP contribution in [0.4, 0.5) is 0 Å². The van der Waals surface area contributed by atoms with Crippen molar-refractivity contribution in [2.75, 3.05) is 13.7 Å². The molecule has 4 atom stereocenters. The highest BCUT2D eigenvalue weighted by Crippen LogP contribution is 2.15. The predicted octanol–water partition coefficient (Wildman–Crippen LogP) is -1.93. The first-order chi connectivity index (χ1) is 5.16. The molecule has 1 rings (SSSR count). The minimum atomic E-state index is -1.19. The van der Waals surface area contributed by atoms with Gasteiger partial charge in [-0.1, -0.05) is 0 Å². The lowest BCUT2D eigenvalue weighted by atomic mass is 10.1. The summed E-state index contributed by atoms with van der Waals surface area (Å²) in [5, 5.41) is 27.2. The van der Waals surface area contributed by atoms with E-state index in [9.17, 15) is 0 Å². The van der Waals surface area contributed by atoms with E-state index in [1.165, 1.54) is 7.11 Å². The van der Waals surface area contributed by atoms with E-state index >= 15 is 0 Å². The van der Waals surface area contributed by atoms with Gasteiger partial charge in [0.25, 0.3) is 0 Å². The zero-order chi connectivity index (χ0) is 8.43. The van der Waals surface area contributed by atoms with Gasteiger partial charge < -0.3 is 24.8 Å². The maximum atomic E-state index is 9.15. The highest BCUT2D eigenvalue weighted by molar-refractivity contribution is 4.81. The van der Waals surface area contributed by atoms with Gasteiger partial charge in [-0.05, 0) is 0 Å². The third kappa shape index (κ3) is 1.69. The molecule has 0 aromatic rings. The molecule has 0 radical (unpaired) electrons. The van der Waals surface area contributed by atoms with Crippen LogP contribution in [0.1, 0.15) is 0 Å². The molecule has 0 aliphatic carbocycles. The van der Waals surface area contributed by atoms with Gasteiger partial charge in [0.05, 0.1) is 6.61 Å². The van der Waals surface area contributed by atoms with Crippen molar-refractivity contribution in [3.63, 3.8) is 0 Å². The van der Waals surface area contributed by atoms with E-state index in [4.69, 9.17) is 20.1 Å². The molecule has 5 nitrogen and oxygen atoms in total. The molecule has 1 aliphatic rings. The van der Waals surface area contributed by atoms with Gasteiger partial charge in [0.1, 0.15) is 18.3 Å². The summed E-state index contributed by atoms with van der Waals surface area (Å²) in [6.45, 7) is -0.0171. The van der Waals surface area contributed by atoms with Gasteiger partial charge in [-0.25, -0.2) is 0 Å². The number of hydrogen-bond acceptors (Lipinski definition) is 5. The number of hydrogen-bond donors (Lipinski definition) is 3. The molecule has 0 aromatic carbocycles. The lowest BCUT2D eigenvalue weighted by Crippen LogP contribution is -2.53. The van der Waals surface area contributed by atoms with Crippen molar-refractivity contribution in [1.29, 1.82) is 0 Å². The summed E-state index contributed by atoms with van der Waals surface area (Å²) < 4.78 is 9.52. The van der Waals surface area contributed by atoms with Crippen molar-refractivity contribution in [3.8, 4) is 0 Å². The molecule has 0 aromatic heterocycles. The minimum absolute atomic E-state index is 0.0171. The summed E-state index contributed by atoms with van der Waals surface area (Å²) in [5.41, 5.74) is 0. The Hall–Kier alpha value is -0.200. The van der Waals surface area contributed by atoms with E-state index in [1.54, 1.807) is 0 Å². The number of aliphatic hydroxyl groups excluding tert-OH is 3. The first-order valence-corrected chi connectivity index (χ1v) is 3.35. The van der Waals surface area contributed by atoms with Crippen LogP contribution in [0, 0.1) is 0 Å². The van der Waals surface area contributed by atoms with Crippen LogP contribution in [0.25, 0.3) is 0 Å². The van der Waals surface area contributed by atoms with Crippen LogP contribution in [-0.2, 0) is 9.47 Å². The maximum absolute atomic E-state index is 9.15. The van der Waals surface area contributed by atoms with Gasteiger partial charge in [-0.3, -0.25) is 0 Å². The first kappa shape index (κ1) is 8.89. The third-order valence-electron chi connectivity index (χ3n) is 1.69. The van der Waals surface area contributed by atoms with E-state index in [2.05, 4.69) is 4.74 Å². The van der Waals surface area contributed by atoms with Crippen LogP contribution >= 0.6 is 0 Å². The monoisotopic (exact) mass is 164 g/mol. The maximum Gasteiger partial charge on any atom is 0.185 e. The van der Waals surface area contributed by atoms with E-state index in [-0.39, 0.29) is 6.61 Å². The zero-order valence-electron chi connectivity index (χ0n) is 6.17. The molecule has 0 saturated carbocycles. The second-order valence-corrected chi connectivity index (χ2v) is 2.49. The lowest BCUT2D eigenvalue weighted by molar-refractivity contribution is -0.261. The van der Waals surface area contributed by atoms with Gasteiger partial charge in [-0.2, -0.15) is 0 Å². The Balaban J connectivity index is 2.52. The van der Waals surface area contributed by atoms with Crippen molar-refractivity contribution in [1.82, 2.24) is 0 Å². The quantitative estimate of drug-likeness (QED) is 0.420. The molecule has 66 valence electrons. The van der Waals surface area contributed by atoms with Gasteiger partial charge in [0, 0.05) is 7.11 Å². The van der Waals surface area contributed by atoms with Crippen molar-refractivity contribution < 1.29 is 24.8 Å². The minimum Gasteiger partial charge on any atom is -0.388 e. The third-order valence-corrected chi connectivity index (χ3v) is 1.69. The number of aliphatic hydroxyl groups is 3. The van der Waals surface area contributed by atoms with Gasteiger partial charge in [-0.15, -0.1) is 0 Å². The van der Waals surface area contributed by atoms with Gasteiger partial charge in [0.15, 0.2) is 6.29 Å². The molecule has 1 heterocycles. The first-order valence-electron chi connectivity index (χ1n) is 3.35. The molecular formula is C6H12O5. The molecule has 1 saturated heterocycles. The summed E-state index contributed by atoms with van der Waals surface area (Å²) in [7, 11) is 1.36.